The van der Waals surface area contributed by atoms with Crippen molar-refractivity contribution in [2.75, 3.05) is 26.4 Å². The molecule has 3 aromatic rings. The van der Waals surface area contributed by atoms with Crippen LogP contribution in [0, 0.1) is 64.1 Å². The van der Waals surface area contributed by atoms with Crippen LogP contribution in [0.4, 0.5) is 43.9 Å². The first-order valence-corrected chi connectivity index (χ1v) is 19.2. The van der Waals surface area contributed by atoms with Gasteiger partial charge in [-0.15, -0.1) is 0 Å². The second kappa shape index (κ2) is 19.4. The number of halogens is 10. The third-order valence-electron chi connectivity index (χ3n) is 7.29. The van der Waals surface area contributed by atoms with E-state index in [-0.39, 0.29) is 18.2 Å². The van der Waals surface area contributed by atoms with Crippen LogP contribution in [0.5, 0.6) is 11.5 Å². The van der Waals surface area contributed by atoms with Crippen LogP contribution in [0.2, 0.25) is 0 Å². The van der Waals surface area contributed by atoms with E-state index in [4.69, 9.17) is 27.3 Å². The van der Waals surface area contributed by atoms with E-state index in [1.807, 2.05) is 0 Å². The van der Waals surface area contributed by atoms with Crippen molar-refractivity contribution in [2.24, 2.45) is 5.92 Å². The van der Waals surface area contributed by atoms with Crippen LogP contribution in [-0.2, 0) is 64.8 Å². The van der Waals surface area contributed by atoms with Crippen LogP contribution in [-0.4, -0.2) is 67.1 Å². The Hall–Kier alpha value is -5.92. The van der Waals surface area contributed by atoms with E-state index >= 15 is 0 Å². The third-order valence-corrected chi connectivity index (χ3v) is 9.80. The van der Waals surface area contributed by atoms with Gasteiger partial charge in [0.05, 0.1) is 26.4 Å². The average molecular weight is 913 g/mol. The highest BCUT2D eigenvalue weighted by atomic mass is 32.2. The summed E-state index contributed by atoms with van der Waals surface area (Å²) in [5.41, 5.74) is -3.62. The van der Waals surface area contributed by atoms with Crippen molar-refractivity contribution in [2.45, 2.75) is 43.9 Å². The number of esters is 4. The number of hydrogen-bond acceptors (Lipinski definition) is 14. The fraction of sp³-hybridized carbons (Fsp3) is 0.294. The lowest BCUT2D eigenvalue weighted by atomic mass is 9.96. The zero-order valence-corrected chi connectivity index (χ0v) is 32.3. The first-order valence-electron chi connectivity index (χ1n) is 16.4. The average Bonchev–Trinajstić information content (AvgIpc) is 3.16. The molecule has 0 bridgehead atoms. The number of hydrogen-bond donors (Lipinski definition) is 0. The molecule has 0 aliphatic carbocycles. The van der Waals surface area contributed by atoms with E-state index in [1.54, 1.807) is 0 Å². The van der Waals surface area contributed by atoms with Crippen molar-refractivity contribution in [3.63, 3.8) is 0 Å². The number of benzene rings is 3. The van der Waals surface area contributed by atoms with Crippen molar-refractivity contribution >= 4 is 50.2 Å². The lowest BCUT2D eigenvalue weighted by Crippen LogP contribution is -2.30. The summed E-state index contributed by atoms with van der Waals surface area (Å²) in [7, 11) is -12.8. The highest BCUT2D eigenvalue weighted by Crippen LogP contribution is 2.38. The summed E-state index contributed by atoms with van der Waals surface area (Å²) in [6, 6.07) is 0.298. The molecule has 0 atom stereocenters. The fourth-order valence-electron chi connectivity index (χ4n) is 4.71. The van der Waals surface area contributed by atoms with Gasteiger partial charge in [-0.25, -0.2) is 53.5 Å². The summed E-state index contributed by atoms with van der Waals surface area (Å²) >= 11 is 0. The molecule has 0 radical (unpaired) electrons. The van der Waals surface area contributed by atoms with E-state index < -0.39 is 179 Å². The van der Waals surface area contributed by atoms with Crippen molar-refractivity contribution in [1.82, 2.24) is 0 Å². The molecule has 0 N–H and O–H groups in total. The molecule has 3 aromatic carbocycles. The summed E-state index contributed by atoms with van der Waals surface area (Å²) < 4.78 is 225. The molecule has 26 heteroatoms. The van der Waals surface area contributed by atoms with Crippen LogP contribution in [0.15, 0.2) is 27.5 Å². The molecular formula is C34H26F10O14S2. The fourth-order valence-corrected chi connectivity index (χ4v) is 6.89. The van der Waals surface area contributed by atoms with Crippen LogP contribution in [0.1, 0.15) is 38.8 Å². The molecule has 328 valence electrons. The maximum Gasteiger partial charge on any atom is 0.345 e. The van der Waals surface area contributed by atoms with Gasteiger partial charge >= 0.3 is 44.1 Å². The van der Waals surface area contributed by atoms with Crippen molar-refractivity contribution in [3.05, 3.63) is 87.0 Å². The Balaban J connectivity index is 2.60. The minimum atomic E-state index is -6.39. The van der Waals surface area contributed by atoms with E-state index in [0.29, 0.717) is 0 Å². The lowest BCUT2D eigenvalue weighted by molar-refractivity contribution is -0.161. The molecule has 0 fully saturated rings. The second-order valence-electron chi connectivity index (χ2n) is 11.1. The van der Waals surface area contributed by atoms with E-state index in [0.717, 1.165) is 0 Å². The van der Waals surface area contributed by atoms with Crippen molar-refractivity contribution in [1.29, 1.82) is 0 Å². The van der Waals surface area contributed by atoms with Gasteiger partial charge in [0.1, 0.15) is 11.3 Å². The molecule has 0 saturated heterocycles. The van der Waals surface area contributed by atoms with Gasteiger partial charge in [0.15, 0.2) is 68.0 Å². The smallest absolute Gasteiger partial charge is 0.345 e. The van der Waals surface area contributed by atoms with Gasteiger partial charge in [-0.2, -0.15) is 16.8 Å². The second-order valence-corrected chi connectivity index (χ2v) is 14.1. The predicted octanol–water partition coefficient (Wildman–Crippen LogP) is 5.41. The Bertz CT molecular complexity index is 2400. The van der Waals surface area contributed by atoms with E-state index in [2.05, 4.69) is 0 Å². The standard InChI is InChI=1S/C34H26F10O14S2/c1-5-53-31(45)15(32(46)54-6-2)9-13-11-18(58-60(51,52)30-27(43)23(39)20(36)24(40)28(30)44)14(10-16(33(47)55-7-3)34(48)56-8-4)12-17(13)57-59(49,50)29-25(41)21(37)19(35)22(38)26(29)42/h9,11-12,16H,5-8,10H2,1-4H3. The first-order chi connectivity index (χ1) is 27.9. The summed E-state index contributed by atoms with van der Waals surface area (Å²) in [4.78, 5) is 46.2. The molecule has 0 heterocycles. The van der Waals surface area contributed by atoms with Gasteiger partial charge < -0.3 is 27.3 Å². The molecule has 3 rings (SSSR count). The molecule has 0 amide bonds. The van der Waals surface area contributed by atoms with E-state index in [1.165, 1.54) is 27.7 Å². The number of rotatable bonds is 17. The Morgan fingerprint density at radius 3 is 1.20 bits per heavy atom. The molecule has 0 unspecified atom stereocenters. The number of carbonyl (C=O) groups is 4. The van der Waals surface area contributed by atoms with Gasteiger partial charge in [-0.05, 0) is 45.9 Å². The lowest BCUT2D eigenvalue weighted by Gasteiger charge is -2.20. The Morgan fingerprint density at radius 2 is 0.850 bits per heavy atom. The highest BCUT2D eigenvalue weighted by molar-refractivity contribution is 7.87. The van der Waals surface area contributed by atoms with Gasteiger partial charge in [0.2, 0.25) is 11.6 Å². The van der Waals surface area contributed by atoms with Gasteiger partial charge in [0.25, 0.3) is 0 Å². The minimum Gasteiger partial charge on any atom is -0.465 e. The SMILES string of the molecule is CCOC(=O)C(=Cc1cc(OS(=O)(=O)c2c(F)c(F)c(F)c(F)c2F)c(CC(C(=O)OCC)C(=O)OCC)cc1OS(=O)(=O)c1c(F)c(F)c(F)c(F)c1F)C(=O)OCC. The Morgan fingerprint density at radius 1 is 0.517 bits per heavy atom. The quantitative estimate of drug-likeness (QED) is 0.0192. The summed E-state index contributed by atoms with van der Waals surface area (Å²) in [5, 5.41) is 0. The predicted molar refractivity (Wildman–Crippen MR) is 176 cm³/mol. The molecular weight excluding hydrogens is 886 g/mol. The van der Waals surface area contributed by atoms with Crippen molar-refractivity contribution < 1.29 is 107 Å². The molecule has 0 aliphatic rings. The topological polar surface area (TPSA) is 192 Å². The number of ether oxygens (including phenoxy) is 4. The third kappa shape index (κ3) is 10.1. The van der Waals surface area contributed by atoms with Gasteiger partial charge in [0, 0.05) is 17.5 Å². The summed E-state index contributed by atoms with van der Waals surface area (Å²) in [6.45, 7) is 2.96. The molecule has 0 spiro atoms. The molecule has 14 nitrogen and oxygen atoms in total. The molecule has 60 heavy (non-hydrogen) atoms. The molecule has 0 aliphatic heterocycles. The van der Waals surface area contributed by atoms with Crippen LogP contribution in [0.3, 0.4) is 0 Å². The maximum absolute atomic E-state index is 14.8. The summed E-state index contributed by atoms with van der Waals surface area (Å²) in [5.74, 6) is -40.4. The molecule has 0 aromatic heterocycles. The zero-order chi connectivity index (χ0) is 45.6. The first kappa shape index (κ1) is 48.4. The normalized spacial score (nSPS) is 11.5. The largest absolute Gasteiger partial charge is 0.465 e. The van der Waals surface area contributed by atoms with E-state index in [9.17, 15) is 79.9 Å². The highest BCUT2D eigenvalue weighted by Gasteiger charge is 2.39. The van der Waals surface area contributed by atoms with Crippen LogP contribution >= 0.6 is 0 Å². The minimum absolute atomic E-state index is 0.133. The Labute approximate surface area is 331 Å². The van der Waals surface area contributed by atoms with Crippen molar-refractivity contribution in [3.8, 4) is 11.5 Å². The maximum atomic E-state index is 14.8. The van der Waals surface area contributed by atoms with Gasteiger partial charge in [-0.1, -0.05) is 0 Å². The zero-order valence-electron chi connectivity index (χ0n) is 30.7. The van der Waals surface area contributed by atoms with Crippen LogP contribution < -0.4 is 8.37 Å². The molecule has 0 saturated carbocycles. The van der Waals surface area contributed by atoms with Gasteiger partial charge in [-0.3, -0.25) is 9.59 Å². The summed E-state index contributed by atoms with van der Waals surface area (Å²) in [6.07, 6.45) is -1.12. The van der Waals surface area contributed by atoms with Crippen LogP contribution in [0.25, 0.3) is 6.08 Å². The Kier molecular flexibility index (Phi) is 15.7. The number of carbonyl (C=O) groups excluding carboxylic acids is 4. The monoisotopic (exact) mass is 912 g/mol.